The van der Waals surface area contributed by atoms with Gasteiger partial charge in [-0.25, -0.2) is 13.2 Å². The van der Waals surface area contributed by atoms with E-state index in [-0.39, 0.29) is 17.2 Å². The van der Waals surface area contributed by atoms with Gasteiger partial charge in [0.2, 0.25) is 0 Å². The van der Waals surface area contributed by atoms with E-state index in [2.05, 4.69) is 20.8 Å². The summed E-state index contributed by atoms with van der Waals surface area (Å²) in [6.07, 6.45) is 7.60. The predicted molar refractivity (Wildman–Crippen MR) is 72.4 cm³/mol. The molecule has 0 aliphatic rings. The first kappa shape index (κ1) is 16.2. The number of sulfonamides is 1. The zero-order valence-corrected chi connectivity index (χ0v) is 12.2. The Balaban J connectivity index is 3.02. The summed E-state index contributed by atoms with van der Waals surface area (Å²) in [5, 5.41) is 5.52. The summed E-state index contributed by atoms with van der Waals surface area (Å²) < 4.78 is 31.5. The lowest BCUT2D eigenvalue weighted by molar-refractivity contribution is 0.0522. The second-order valence-electron chi connectivity index (χ2n) is 3.96. The average molecular weight is 299 g/mol. The molecule has 0 amide bonds. The van der Waals surface area contributed by atoms with Gasteiger partial charge in [0.15, 0.2) is 5.03 Å². The van der Waals surface area contributed by atoms with Crippen molar-refractivity contribution in [2.75, 3.05) is 6.61 Å². The number of hydrogen-bond donors (Lipinski definition) is 2. The van der Waals surface area contributed by atoms with Crippen LogP contribution in [0.5, 0.6) is 0 Å². The van der Waals surface area contributed by atoms with E-state index in [9.17, 15) is 13.2 Å². The number of nitrogens with zero attached hydrogens (tertiary/aromatic N) is 1. The topological polar surface area (TPSA) is 101 Å². The number of hydrogen-bond acceptors (Lipinski definition) is 5. The van der Waals surface area contributed by atoms with E-state index in [4.69, 9.17) is 11.2 Å². The summed E-state index contributed by atoms with van der Waals surface area (Å²) in [4.78, 5) is 11.6. The normalized spacial score (nSPS) is 12.7. The van der Waals surface area contributed by atoms with Crippen LogP contribution in [0.15, 0.2) is 11.2 Å². The molecule has 1 atom stereocenters. The molecule has 1 rings (SSSR count). The van der Waals surface area contributed by atoms with Gasteiger partial charge in [-0.2, -0.15) is 9.82 Å². The monoisotopic (exact) mass is 299 g/mol. The first-order chi connectivity index (χ1) is 9.46. The molecule has 1 heterocycles. The Hall–Kier alpha value is -1.85. The maximum Gasteiger partial charge on any atom is 0.342 e. The Morgan fingerprint density at radius 2 is 2.30 bits per heavy atom. The second-order valence-corrected chi connectivity index (χ2v) is 5.61. The van der Waals surface area contributed by atoms with Gasteiger partial charge in [0.25, 0.3) is 10.0 Å². The number of nitrogens with one attached hydrogen (secondary N) is 2. The van der Waals surface area contributed by atoms with Gasteiger partial charge < -0.3 is 4.74 Å². The molecule has 0 bridgehead atoms. The molecule has 8 heteroatoms. The van der Waals surface area contributed by atoms with Crippen molar-refractivity contribution in [2.24, 2.45) is 0 Å². The number of ether oxygens (including phenoxy) is 1. The lowest BCUT2D eigenvalue weighted by Gasteiger charge is -2.12. The van der Waals surface area contributed by atoms with Crippen molar-refractivity contribution >= 4 is 16.0 Å². The maximum atomic E-state index is 12.2. The van der Waals surface area contributed by atoms with Crippen LogP contribution in [0.1, 0.15) is 37.0 Å². The summed E-state index contributed by atoms with van der Waals surface area (Å²) in [5.74, 6) is 1.60. The lowest BCUT2D eigenvalue weighted by Crippen LogP contribution is -2.34. The highest BCUT2D eigenvalue weighted by molar-refractivity contribution is 7.89. The fourth-order valence-electron chi connectivity index (χ4n) is 1.54. The second kappa shape index (κ2) is 7.07. The highest BCUT2D eigenvalue weighted by Crippen LogP contribution is 2.14. The zero-order chi connectivity index (χ0) is 15.2. The van der Waals surface area contributed by atoms with Crippen LogP contribution in [0.25, 0.3) is 0 Å². The molecule has 0 aliphatic carbocycles. The molecule has 0 saturated carbocycles. The molecule has 2 N–H and O–H groups in total. The number of H-pyrrole nitrogens is 1. The van der Waals surface area contributed by atoms with Gasteiger partial charge in [0.05, 0.1) is 18.8 Å². The van der Waals surface area contributed by atoms with Crippen LogP contribution in [0.4, 0.5) is 0 Å². The quantitative estimate of drug-likeness (QED) is 0.569. The van der Waals surface area contributed by atoms with E-state index < -0.39 is 22.0 Å². The van der Waals surface area contributed by atoms with E-state index in [1.807, 2.05) is 6.92 Å². The third-order valence-corrected chi connectivity index (χ3v) is 3.89. The van der Waals surface area contributed by atoms with Crippen molar-refractivity contribution in [1.82, 2.24) is 14.9 Å². The smallest absolute Gasteiger partial charge is 0.342 e. The molecule has 20 heavy (non-hydrogen) atoms. The molecule has 0 spiro atoms. The van der Waals surface area contributed by atoms with Crippen LogP contribution >= 0.6 is 0 Å². The van der Waals surface area contributed by atoms with Crippen LogP contribution < -0.4 is 4.72 Å². The zero-order valence-electron chi connectivity index (χ0n) is 11.3. The number of carbonyl (C=O) groups excluding carboxylic acids is 1. The number of aromatic nitrogens is 2. The minimum atomic E-state index is -3.96. The Labute approximate surface area is 118 Å². The summed E-state index contributed by atoms with van der Waals surface area (Å²) >= 11 is 0. The standard InChI is InChI=1S/C12H17N3O4S/c1-4-7-9(5-2)15-20(17,18)11-10(8-13-14-11)12(16)19-6-3/h2,8-9,15H,4,6-7H2,1,3H3,(H,13,14). The van der Waals surface area contributed by atoms with Gasteiger partial charge in [0, 0.05) is 0 Å². The van der Waals surface area contributed by atoms with Gasteiger partial charge in [-0.15, -0.1) is 6.42 Å². The van der Waals surface area contributed by atoms with E-state index in [1.165, 1.54) is 0 Å². The molecule has 0 aromatic carbocycles. The summed E-state index contributed by atoms with van der Waals surface area (Å²) in [6.45, 7) is 3.65. The number of rotatable bonds is 7. The number of terminal acetylenes is 1. The minimum absolute atomic E-state index is 0.139. The molecule has 1 unspecified atom stereocenters. The lowest BCUT2D eigenvalue weighted by atomic mass is 10.2. The van der Waals surface area contributed by atoms with Crippen molar-refractivity contribution in [3.05, 3.63) is 11.8 Å². The molecule has 110 valence electrons. The van der Waals surface area contributed by atoms with Crippen molar-refractivity contribution in [2.45, 2.75) is 37.8 Å². The number of esters is 1. The van der Waals surface area contributed by atoms with E-state index in [1.54, 1.807) is 6.92 Å². The van der Waals surface area contributed by atoms with E-state index in [0.717, 1.165) is 12.6 Å². The van der Waals surface area contributed by atoms with Crippen molar-refractivity contribution in [3.63, 3.8) is 0 Å². The van der Waals surface area contributed by atoms with Crippen LogP contribution in [0, 0.1) is 12.3 Å². The maximum absolute atomic E-state index is 12.2. The summed E-state index contributed by atoms with van der Waals surface area (Å²) in [7, 11) is -3.96. The predicted octanol–water partition coefficient (Wildman–Crippen LogP) is 0.667. The average Bonchev–Trinajstić information content (AvgIpc) is 2.88. The molecular weight excluding hydrogens is 282 g/mol. The number of aromatic amines is 1. The first-order valence-electron chi connectivity index (χ1n) is 6.15. The van der Waals surface area contributed by atoms with Crippen LogP contribution in [0.3, 0.4) is 0 Å². The van der Waals surface area contributed by atoms with E-state index in [0.29, 0.717) is 6.42 Å². The third-order valence-electron chi connectivity index (χ3n) is 2.44. The molecule has 1 aromatic heterocycles. The van der Waals surface area contributed by atoms with Crippen LogP contribution in [-0.4, -0.2) is 37.2 Å². The first-order valence-corrected chi connectivity index (χ1v) is 7.63. The van der Waals surface area contributed by atoms with E-state index >= 15 is 0 Å². The summed E-state index contributed by atoms with van der Waals surface area (Å²) in [6, 6.07) is -0.636. The Morgan fingerprint density at radius 3 is 2.85 bits per heavy atom. The van der Waals surface area contributed by atoms with Crippen molar-refractivity contribution < 1.29 is 17.9 Å². The molecule has 0 saturated heterocycles. The molecule has 0 radical (unpaired) electrons. The van der Waals surface area contributed by atoms with Gasteiger partial charge in [0.1, 0.15) is 5.56 Å². The molecule has 0 fully saturated rings. The fourth-order valence-corrected chi connectivity index (χ4v) is 2.82. The fraction of sp³-hybridized carbons (Fsp3) is 0.500. The Morgan fingerprint density at radius 1 is 1.60 bits per heavy atom. The SMILES string of the molecule is C#CC(CCC)NS(=O)(=O)c1[nH]ncc1C(=O)OCC. The van der Waals surface area contributed by atoms with Crippen LogP contribution in [0.2, 0.25) is 0 Å². The number of carbonyl (C=O) groups is 1. The highest BCUT2D eigenvalue weighted by atomic mass is 32.2. The minimum Gasteiger partial charge on any atom is -0.462 e. The molecule has 7 nitrogen and oxygen atoms in total. The molecular formula is C12H17N3O4S. The van der Waals surface area contributed by atoms with Crippen LogP contribution in [-0.2, 0) is 14.8 Å². The van der Waals surface area contributed by atoms with Gasteiger partial charge in [-0.3, -0.25) is 5.10 Å². The van der Waals surface area contributed by atoms with Gasteiger partial charge >= 0.3 is 5.97 Å². The largest absolute Gasteiger partial charge is 0.462 e. The van der Waals surface area contributed by atoms with Gasteiger partial charge in [-0.1, -0.05) is 19.3 Å². The highest BCUT2D eigenvalue weighted by Gasteiger charge is 2.27. The Kier molecular flexibility index (Phi) is 5.73. The molecule has 1 aromatic rings. The summed E-state index contributed by atoms with van der Waals surface area (Å²) in [5.41, 5.74) is -0.147. The Bertz CT molecular complexity index is 600. The van der Waals surface area contributed by atoms with Crippen molar-refractivity contribution in [1.29, 1.82) is 0 Å². The van der Waals surface area contributed by atoms with Crippen molar-refractivity contribution in [3.8, 4) is 12.3 Å². The molecule has 0 aliphatic heterocycles. The third kappa shape index (κ3) is 3.82. The van der Waals surface area contributed by atoms with Gasteiger partial charge in [-0.05, 0) is 13.3 Å².